The zero-order valence-electron chi connectivity index (χ0n) is 25.4. The van der Waals surface area contributed by atoms with Crippen LogP contribution in [0.1, 0.15) is 59.2 Å². The summed E-state index contributed by atoms with van der Waals surface area (Å²) < 4.78 is 3.45. The van der Waals surface area contributed by atoms with Crippen molar-refractivity contribution in [3.63, 3.8) is 0 Å². The summed E-state index contributed by atoms with van der Waals surface area (Å²) in [5, 5.41) is 13.5. The molecule has 0 saturated carbocycles. The number of hydrogen-bond donors (Lipinski definition) is 3. The maximum Gasteiger partial charge on any atom is 0.270 e. The summed E-state index contributed by atoms with van der Waals surface area (Å²) in [5.41, 5.74) is 9.15. The summed E-state index contributed by atoms with van der Waals surface area (Å²) in [6.45, 7) is 2.10. The number of rotatable bonds is 5. The van der Waals surface area contributed by atoms with Crippen molar-refractivity contribution in [1.82, 2.24) is 28.9 Å². The molecular weight excluding hydrogens is 638 g/mol. The van der Waals surface area contributed by atoms with E-state index < -0.39 is 22.9 Å². The number of aromatic nitrogens is 6. The molecule has 8 rings (SSSR count). The van der Waals surface area contributed by atoms with Crippen molar-refractivity contribution in [3.05, 3.63) is 93.1 Å². The Bertz CT molecular complexity index is 2110. The maximum atomic E-state index is 13.2. The number of imidazole rings is 1. The van der Waals surface area contributed by atoms with Crippen LogP contribution < -0.4 is 21.5 Å². The number of anilines is 2. The smallest absolute Gasteiger partial charge is 0.270 e. The Morgan fingerprint density at radius 1 is 1.06 bits per heavy atom. The van der Waals surface area contributed by atoms with Gasteiger partial charge in [-0.3, -0.25) is 23.5 Å². The molecule has 1 amide bonds. The Hall–Kier alpha value is -4.46. The van der Waals surface area contributed by atoms with E-state index >= 15 is 0 Å². The highest BCUT2D eigenvalue weighted by molar-refractivity contribution is 7.99. The fraction of sp³-hybridized carbons (Fsp3) is 0.333. The first kappa shape index (κ1) is 29.9. The number of hydrogen-bond acceptors (Lipinski definition) is 10. The van der Waals surface area contributed by atoms with Gasteiger partial charge in [-0.05, 0) is 61.3 Å². The van der Waals surface area contributed by atoms with Crippen LogP contribution in [0.15, 0.2) is 69.7 Å². The van der Waals surface area contributed by atoms with Gasteiger partial charge in [-0.1, -0.05) is 35.5 Å². The van der Waals surface area contributed by atoms with Gasteiger partial charge in [0.2, 0.25) is 11.8 Å². The van der Waals surface area contributed by atoms with E-state index in [0.29, 0.717) is 29.4 Å². The largest absolute Gasteiger partial charge is 0.493 e. The van der Waals surface area contributed by atoms with Crippen LogP contribution in [0.3, 0.4) is 0 Å². The normalized spacial score (nSPS) is 18.3. The van der Waals surface area contributed by atoms with Gasteiger partial charge in [0.15, 0.2) is 11.2 Å². The molecule has 1 saturated heterocycles. The number of benzene rings is 1. The van der Waals surface area contributed by atoms with Gasteiger partial charge in [-0.15, -0.1) is 0 Å². The minimum absolute atomic E-state index is 0.0114. The number of aryl methyl sites for hydroxylation is 1. The molecule has 0 radical (unpaired) electrons. The summed E-state index contributed by atoms with van der Waals surface area (Å²) >= 11 is 8.18. The Kier molecular flexibility index (Phi) is 7.42. The van der Waals surface area contributed by atoms with Crippen molar-refractivity contribution < 1.29 is 9.90 Å². The first-order chi connectivity index (χ1) is 22.8. The highest BCUT2D eigenvalue weighted by atomic mass is 35.5. The predicted molar refractivity (Wildman–Crippen MR) is 178 cm³/mol. The molecule has 47 heavy (non-hydrogen) atoms. The fourth-order valence-electron chi connectivity index (χ4n) is 7.23. The van der Waals surface area contributed by atoms with Crippen molar-refractivity contribution in [3.8, 4) is 5.88 Å². The molecule has 0 unspecified atom stereocenters. The van der Waals surface area contributed by atoms with Gasteiger partial charge in [0, 0.05) is 67.5 Å². The summed E-state index contributed by atoms with van der Waals surface area (Å²) in [7, 11) is 0. The SMILES string of the molecule is N[C@@H]1c2cccnc2CC12CCN(c1ncc(Sc3cccc(NC(=O)c4c(O)nc5n(c4=O)CCCC5)c3Cl)c3nccn13)CC2. The number of pyridine rings is 1. The number of fused-ring (bicyclic) bond motifs is 3. The summed E-state index contributed by atoms with van der Waals surface area (Å²) in [4.78, 5) is 48.2. The molecule has 12 nitrogen and oxygen atoms in total. The van der Waals surface area contributed by atoms with Crippen LogP contribution in [0.5, 0.6) is 5.88 Å². The van der Waals surface area contributed by atoms with E-state index in [0.717, 1.165) is 67.4 Å². The molecule has 14 heteroatoms. The van der Waals surface area contributed by atoms with Crippen LogP contribution in [-0.4, -0.2) is 53.0 Å². The molecule has 1 aromatic carbocycles. The second kappa shape index (κ2) is 11.7. The third-order valence-electron chi connectivity index (χ3n) is 9.78. The second-order valence-electron chi connectivity index (χ2n) is 12.4. The molecule has 240 valence electrons. The number of nitrogens with one attached hydrogen (secondary N) is 1. The summed E-state index contributed by atoms with van der Waals surface area (Å²) in [5.74, 6) is -0.0426. The van der Waals surface area contributed by atoms with Crippen LogP contribution in [0, 0.1) is 5.41 Å². The zero-order valence-corrected chi connectivity index (χ0v) is 27.0. The average molecular weight is 670 g/mol. The second-order valence-corrected chi connectivity index (χ2v) is 13.9. The molecule has 6 heterocycles. The topological polar surface area (TPSA) is 157 Å². The Labute approximate surface area is 279 Å². The monoisotopic (exact) mass is 669 g/mol. The third kappa shape index (κ3) is 5.04. The van der Waals surface area contributed by atoms with Gasteiger partial charge in [0.25, 0.3) is 11.5 Å². The lowest BCUT2D eigenvalue weighted by Gasteiger charge is -2.42. The van der Waals surface area contributed by atoms with Gasteiger partial charge < -0.3 is 21.1 Å². The molecule has 1 spiro atoms. The van der Waals surface area contributed by atoms with Gasteiger partial charge in [0.05, 0.1) is 15.6 Å². The molecule has 1 atom stereocenters. The van der Waals surface area contributed by atoms with Crippen LogP contribution in [0.2, 0.25) is 5.02 Å². The van der Waals surface area contributed by atoms with Gasteiger partial charge >= 0.3 is 0 Å². The molecular formula is C33H32ClN9O3S. The molecule has 1 aliphatic carbocycles. The number of piperidine rings is 1. The zero-order chi connectivity index (χ0) is 32.3. The van der Waals surface area contributed by atoms with Gasteiger partial charge in [-0.2, -0.15) is 4.98 Å². The molecule has 3 aliphatic rings. The van der Waals surface area contributed by atoms with E-state index in [9.17, 15) is 14.7 Å². The lowest BCUT2D eigenvalue weighted by molar-refractivity contribution is 0.102. The number of nitrogens with two attached hydrogens (primary N) is 1. The Morgan fingerprint density at radius 2 is 1.91 bits per heavy atom. The molecule has 5 aromatic rings. The molecule has 0 bridgehead atoms. The van der Waals surface area contributed by atoms with Crippen LogP contribution in [0.25, 0.3) is 5.65 Å². The number of aromatic hydroxyl groups is 1. The van der Waals surface area contributed by atoms with Gasteiger partial charge in [-0.25, -0.2) is 9.97 Å². The number of nitrogens with zero attached hydrogens (tertiary/aromatic N) is 7. The Morgan fingerprint density at radius 3 is 2.74 bits per heavy atom. The lowest BCUT2D eigenvalue weighted by Crippen LogP contribution is -2.45. The molecule has 4 N–H and O–H groups in total. The number of carbonyl (C=O) groups excluding carboxylic acids is 1. The first-order valence-electron chi connectivity index (χ1n) is 15.7. The van der Waals surface area contributed by atoms with E-state index in [1.807, 2.05) is 28.9 Å². The van der Waals surface area contributed by atoms with Crippen molar-refractivity contribution in [1.29, 1.82) is 0 Å². The minimum Gasteiger partial charge on any atom is -0.493 e. The van der Waals surface area contributed by atoms with Crippen molar-refractivity contribution in [2.24, 2.45) is 11.1 Å². The highest BCUT2D eigenvalue weighted by Gasteiger charge is 2.47. The number of amides is 1. The van der Waals surface area contributed by atoms with Crippen LogP contribution in [0.4, 0.5) is 11.6 Å². The minimum atomic E-state index is -0.770. The number of halogens is 1. The third-order valence-corrected chi connectivity index (χ3v) is 11.4. The predicted octanol–water partition coefficient (Wildman–Crippen LogP) is 4.62. The van der Waals surface area contributed by atoms with Crippen molar-refractivity contribution >= 4 is 46.6 Å². The van der Waals surface area contributed by atoms with Gasteiger partial charge in [0.1, 0.15) is 5.82 Å². The first-order valence-corrected chi connectivity index (χ1v) is 16.9. The van der Waals surface area contributed by atoms with Crippen molar-refractivity contribution in [2.45, 2.75) is 60.9 Å². The quantitative estimate of drug-likeness (QED) is 0.241. The van der Waals surface area contributed by atoms with E-state index in [1.165, 1.54) is 21.9 Å². The molecule has 4 aromatic heterocycles. The summed E-state index contributed by atoms with van der Waals surface area (Å²) in [6.07, 6.45) is 12.4. The van der Waals surface area contributed by atoms with E-state index in [-0.39, 0.29) is 16.5 Å². The maximum absolute atomic E-state index is 13.2. The molecule has 1 fully saturated rings. The summed E-state index contributed by atoms with van der Waals surface area (Å²) in [6, 6.07) is 9.30. The van der Waals surface area contributed by atoms with Crippen LogP contribution in [-0.2, 0) is 19.4 Å². The van der Waals surface area contributed by atoms with E-state index in [2.05, 4.69) is 31.2 Å². The van der Waals surface area contributed by atoms with E-state index in [1.54, 1.807) is 24.5 Å². The standard InChI is InChI=1S/C33H32ClN9O3S/c34-26-20(39-29(44)25-30(45)40-24-8-1-2-13-42(24)31(25)46)6-3-7-22(26)47-23-18-38-32(43-16-12-37-28(23)43)41-14-9-33(10-15-41)17-21-19(27(33)35)5-4-11-36-21/h3-7,11-12,16,18,27,45H,1-2,8-10,13-15,17,35H2,(H,39,44)/t27-/m1/s1. The van der Waals surface area contributed by atoms with Crippen molar-refractivity contribution in [2.75, 3.05) is 23.3 Å². The average Bonchev–Trinajstić information content (AvgIpc) is 3.67. The lowest BCUT2D eigenvalue weighted by atomic mass is 9.73. The van der Waals surface area contributed by atoms with E-state index in [4.69, 9.17) is 22.3 Å². The molecule has 2 aliphatic heterocycles. The Balaban J connectivity index is 1.01. The van der Waals surface area contributed by atoms with Crippen LogP contribution >= 0.6 is 23.4 Å². The fourth-order valence-corrected chi connectivity index (χ4v) is 8.45. The number of carbonyl (C=O) groups is 1. The highest BCUT2D eigenvalue weighted by Crippen LogP contribution is 2.50.